The number of rotatable bonds is 10. The van der Waals surface area contributed by atoms with Crippen molar-refractivity contribution in [1.29, 1.82) is 0 Å². The van der Waals surface area contributed by atoms with Crippen LogP contribution in [0.3, 0.4) is 0 Å². The topological polar surface area (TPSA) is 58.6 Å². The Bertz CT molecular complexity index is 379. The van der Waals surface area contributed by atoms with Crippen molar-refractivity contribution < 1.29 is 14.6 Å². The summed E-state index contributed by atoms with van der Waals surface area (Å²) in [4.78, 5) is 10.4. The highest BCUT2D eigenvalue weighted by molar-refractivity contribution is 5.66. The smallest absolute Gasteiger partial charge is 0.303 e. The molecule has 4 heteroatoms. The van der Waals surface area contributed by atoms with E-state index in [0.717, 1.165) is 44.5 Å². The van der Waals surface area contributed by atoms with Crippen molar-refractivity contribution in [3.8, 4) is 0 Å². The zero-order chi connectivity index (χ0) is 13.9. The average molecular weight is 265 g/mol. The summed E-state index contributed by atoms with van der Waals surface area (Å²) in [5, 5.41) is 11.9. The van der Waals surface area contributed by atoms with E-state index in [9.17, 15) is 4.79 Å². The quantitative estimate of drug-likeness (QED) is 0.639. The van der Waals surface area contributed by atoms with E-state index in [2.05, 4.69) is 17.4 Å². The minimum Gasteiger partial charge on any atom is -0.481 e. The van der Waals surface area contributed by atoms with Crippen molar-refractivity contribution in [2.75, 3.05) is 25.6 Å². The summed E-state index contributed by atoms with van der Waals surface area (Å²) in [5.41, 5.74) is 2.41. The van der Waals surface area contributed by atoms with Gasteiger partial charge in [-0.3, -0.25) is 4.79 Å². The van der Waals surface area contributed by atoms with Gasteiger partial charge in [-0.2, -0.15) is 0 Å². The maximum absolute atomic E-state index is 10.4. The zero-order valence-corrected chi connectivity index (χ0v) is 11.5. The van der Waals surface area contributed by atoms with Crippen molar-refractivity contribution in [1.82, 2.24) is 0 Å². The Balaban J connectivity index is 2.26. The lowest BCUT2D eigenvalue weighted by Gasteiger charge is -2.11. The predicted octanol–water partition coefficient (Wildman–Crippen LogP) is 2.93. The fourth-order valence-corrected chi connectivity index (χ4v) is 1.92. The van der Waals surface area contributed by atoms with E-state index in [1.807, 2.05) is 12.1 Å². The van der Waals surface area contributed by atoms with Crippen LogP contribution in [0.4, 0.5) is 5.69 Å². The number of unbranched alkanes of at least 4 members (excludes halogenated alkanes) is 2. The number of hydrogen-bond acceptors (Lipinski definition) is 3. The number of nitrogens with one attached hydrogen (secondary N) is 1. The Hall–Kier alpha value is -1.55. The van der Waals surface area contributed by atoms with Gasteiger partial charge < -0.3 is 15.2 Å². The molecule has 1 aromatic carbocycles. The second-order valence-corrected chi connectivity index (χ2v) is 4.53. The van der Waals surface area contributed by atoms with Crippen molar-refractivity contribution in [2.24, 2.45) is 0 Å². The van der Waals surface area contributed by atoms with Crippen LogP contribution < -0.4 is 5.32 Å². The van der Waals surface area contributed by atoms with Gasteiger partial charge in [0.1, 0.15) is 0 Å². The molecule has 0 saturated carbocycles. The van der Waals surface area contributed by atoms with Crippen molar-refractivity contribution in [3.05, 3.63) is 29.8 Å². The molecule has 0 saturated heterocycles. The Morgan fingerprint density at radius 1 is 1.26 bits per heavy atom. The highest BCUT2D eigenvalue weighted by Gasteiger charge is 2.01. The molecule has 0 fully saturated rings. The van der Waals surface area contributed by atoms with Gasteiger partial charge in [0.15, 0.2) is 0 Å². The number of carbonyl (C=O) groups is 1. The Morgan fingerprint density at radius 3 is 2.79 bits per heavy atom. The van der Waals surface area contributed by atoms with Crippen LogP contribution in [0.1, 0.15) is 31.2 Å². The van der Waals surface area contributed by atoms with Gasteiger partial charge in [0.25, 0.3) is 0 Å². The molecular weight excluding hydrogens is 242 g/mol. The van der Waals surface area contributed by atoms with Crippen LogP contribution in [0.5, 0.6) is 0 Å². The van der Waals surface area contributed by atoms with Crippen LogP contribution in [-0.4, -0.2) is 31.3 Å². The molecule has 0 aliphatic heterocycles. The molecule has 1 aromatic rings. The number of ether oxygens (including phenoxy) is 1. The van der Waals surface area contributed by atoms with Crippen LogP contribution in [0.2, 0.25) is 0 Å². The van der Waals surface area contributed by atoms with Crippen LogP contribution in [0.25, 0.3) is 0 Å². The molecular formula is C15H23NO3. The number of anilines is 1. The lowest BCUT2D eigenvalue weighted by atomic mass is 10.1. The first-order valence-corrected chi connectivity index (χ1v) is 6.76. The predicted molar refractivity (Wildman–Crippen MR) is 76.6 cm³/mol. The molecule has 0 atom stereocenters. The van der Waals surface area contributed by atoms with Gasteiger partial charge in [0.05, 0.1) is 6.61 Å². The van der Waals surface area contributed by atoms with E-state index >= 15 is 0 Å². The third-order valence-electron chi connectivity index (χ3n) is 2.98. The summed E-state index contributed by atoms with van der Waals surface area (Å²) < 4.78 is 5.10. The van der Waals surface area contributed by atoms with E-state index in [4.69, 9.17) is 9.84 Å². The Labute approximate surface area is 114 Å². The standard InChI is InChI=1S/C15H23NO3/c1-19-12-10-13-7-4-5-8-14(13)16-11-6-2-3-9-15(17)18/h4-5,7-8,16H,2-3,6,9-12H2,1H3,(H,17,18). The van der Waals surface area contributed by atoms with Gasteiger partial charge >= 0.3 is 5.97 Å². The van der Waals surface area contributed by atoms with Gasteiger partial charge in [0.2, 0.25) is 0 Å². The first-order chi connectivity index (χ1) is 9.24. The van der Waals surface area contributed by atoms with Gasteiger partial charge in [-0.15, -0.1) is 0 Å². The molecule has 19 heavy (non-hydrogen) atoms. The summed E-state index contributed by atoms with van der Waals surface area (Å²) in [7, 11) is 1.71. The number of methoxy groups -OCH3 is 1. The van der Waals surface area contributed by atoms with E-state index in [1.165, 1.54) is 5.56 Å². The molecule has 1 rings (SSSR count). The van der Waals surface area contributed by atoms with Crippen molar-refractivity contribution >= 4 is 11.7 Å². The number of benzene rings is 1. The number of carboxylic acid groups (broad SMARTS) is 1. The number of aliphatic carboxylic acids is 1. The van der Waals surface area contributed by atoms with E-state index in [-0.39, 0.29) is 6.42 Å². The van der Waals surface area contributed by atoms with Gasteiger partial charge in [0, 0.05) is 25.8 Å². The van der Waals surface area contributed by atoms with E-state index in [1.54, 1.807) is 7.11 Å². The molecule has 0 radical (unpaired) electrons. The molecule has 0 aliphatic rings. The maximum Gasteiger partial charge on any atom is 0.303 e. The highest BCUT2D eigenvalue weighted by Crippen LogP contribution is 2.16. The Morgan fingerprint density at radius 2 is 2.05 bits per heavy atom. The molecule has 0 aromatic heterocycles. The molecule has 0 aliphatic carbocycles. The molecule has 0 unspecified atom stereocenters. The largest absolute Gasteiger partial charge is 0.481 e. The lowest BCUT2D eigenvalue weighted by Crippen LogP contribution is -2.06. The fourth-order valence-electron chi connectivity index (χ4n) is 1.92. The van der Waals surface area contributed by atoms with Crippen LogP contribution >= 0.6 is 0 Å². The second kappa shape index (κ2) is 9.39. The fraction of sp³-hybridized carbons (Fsp3) is 0.533. The molecule has 2 N–H and O–H groups in total. The summed E-state index contributed by atoms with van der Waals surface area (Å²) in [6, 6.07) is 8.22. The molecule has 4 nitrogen and oxygen atoms in total. The maximum atomic E-state index is 10.4. The molecule has 0 bridgehead atoms. The normalized spacial score (nSPS) is 10.4. The minimum absolute atomic E-state index is 0.268. The lowest BCUT2D eigenvalue weighted by molar-refractivity contribution is -0.137. The van der Waals surface area contributed by atoms with E-state index < -0.39 is 5.97 Å². The second-order valence-electron chi connectivity index (χ2n) is 4.53. The van der Waals surface area contributed by atoms with E-state index in [0.29, 0.717) is 0 Å². The third kappa shape index (κ3) is 6.82. The first-order valence-electron chi connectivity index (χ1n) is 6.76. The molecule has 106 valence electrons. The van der Waals surface area contributed by atoms with Gasteiger partial charge in [-0.05, 0) is 30.9 Å². The minimum atomic E-state index is -0.710. The first kappa shape index (κ1) is 15.5. The van der Waals surface area contributed by atoms with Crippen molar-refractivity contribution in [2.45, 2.75) is 32.1 Å². The van der Waals surface area contributed by atoms with Crippen LogP contribution in [0.15, 0.2) is 24.3 Å². The molecule has 0 spiro atoms. The summed E-state index contributed by atoms with van der Waals surface area (Å²) in [6.07, 6.45) is 3.86. The number of carboxylic acids is 1. The van der Waals surface area contributed by atoms with Gasteiger partial charge in [-0.1, -0.05) is 24.6 Å². The highest BCUT2D eigenvalue weighted by atomic mass is 16.5. The van der Waals surface area contributed by atoms with Gasteiger partial charge in [-0.25, -0.2) is 0 Å². The number of para-hydroxylation sites is 1. The summed E-state index contributed by atoms with van der Waals surface area (Å²) in [6.45, 7) is 1.60. The Kier molecular flexibility index (Phi) is 7.66. The summed E-state index contributed by atoms with van der Waals surface area (Å²) in [5.74, 6) is -0.710. The number of hydrogen-bond donors (Lipinski definition) is 2. The average Bonchev–Trinajstić information content (AvgIpc) is 2.41. The van der Waals surface area contributed by atoms with Crippen LogP contribution in [0, 0.1) is 0 Å². The molecule has 0 heterocycles. The third-order valence-corrected chi connectivity index (χ3v) is 2.98. The summed E-state index contributed by atoms with van der Waals surface area (Å²) >= 11 is 0. The molecule has 0 amide bonds. The van der Waals surface area contributed by atoms with Crippen LogP contribution in [-0.2, 0) is 16.0 Å². The van der Waals surface area contributed by atoms with Crippen molar-refractivity contribution in [3.63, 3.8) is 0 Å². The monoisotopic (exact) mass is 265 g/mol. The zero-order valence-electron chi connectivity index (χ0n) is 11.5. The SMILES string of the molecule is COCCc1ccccc1NCCCCCC(=O)O.